The van der Waals surface area contributed by atoms with Crippen molar-refractivity contribution in [2.75, 3.05) is 25.0 Å². The van der Waals surface area contributed by atoms with Crippen LogP contribution in [0.2, 0.25) is 0 Å². The van der Waals surface area contributed by atoms with E-state index in [0.717, 1.165) is 48.2 Å². The molecule has 1 saturated heterocycles. The van der Waals surface area contributed by atoms with Crippen LogP contribution in [0.3, 0.4) is 0 Å². The van der Waals surface area contributed by atoms with E-state index in [1.165, 1.54) is 10.9 Å². The number of ether oxygens (including phenoxy) is 1. The van der Waals surface area contributed by atoms with Gasteiger partial charge in [0.1, 0.15) is 17.7 Å². The van der Waals surface area contributed by atoms with Crippen LogP contribution in [-0.2, 0) is 11.3 Å². The SMILES string of the molecule is Cc1cccc(Nc2cccc([C@H]3CN(Cc4ccnc5ccccc45)CCO3)n2)n1. The summed E-state index contributed by atoms with van der Waals surface area (Å²) < 4.78 is 6.08. The molecule has 31 heavy (non-hydrogen) atoms. The Balaban J connectivity index is 1.31. The van der Waals surface area contributed by atoms with E-state index in [9.17, 15) is 0 Å². The maximum atomic E-state index is 6.08. The Morgan fingerprint density at radius 2 is 1.81 bits per heavy atom. The van der Waals surface area contributed by atoms with Crippen molar-refractivity contribution in [1.82, 2.24) is 19.9 Å². The van der Waals surface area contributed by atoms with Gasteiger partial charge in [0.05, 0.1) is 17.8 Å². The van der Waals surface area contributed by atoms with Gasteiger partial charge in [0.25, 0.3) is 0 Å². The molecule has 1 fully saturated rings. The summed E-state index contributed by atoms with van der Waals surface area (Å²) in [6.45, 7) is 5.24. The molecule has 1 N–H and O–H groups in total. The first-order chi connectivity index (χ1) is 15.2. The summed E-state index contributed by atoms with van der Waals surface area (Å²) in [7, 11) is 0. The Hall–Kier alpha value is -3.35. The lowest BCUT2D eigenvalue weighted by Crippen LogP contribution is -2.38. The van der Waals surface area contributed by atoms with Gasteiger partial charge in [0, 0.05) is 36.9 Å². The Bertz CT molecular complexity index is 1190. The average molecular weight is 412 g/mol. The van der Waals surface area contributed by atoms with E-state index in [1.807, 2.05) is 55.6 Å². The number of rotatable bonds is 5. The van der Waals surface area contributed by atoms with E-state index in [1.54, 1.807) is 0 Å². The van der Waals surface area contributed by atoms with E-state index in [2.05, 4.69) is 44.5 Å². The van der Waals surface area contributed by atoms with Gasteiger partial charge < -0.3 is 10.1 Å². The van der Waals surface area contributed by atoms with Crippen molar-refractivity contribution in [3.05, 3.63) is 89.9 Å². The lowest BCUT2D eigenvalue weighted by molar-refractivity contribution is -0.0348. The molecule has 6 heteroatoms. The molecule has 1 aliphatic rings. The zero-order valence-electron chi connectivity index (χ0n) is 17.5. The number of morpholine rings is 1. The molecule has 4 heterocycles. The standard InChI is InChI=1S/C25H25N5O/c1-18-6-4-10-24(27-18)29-25-11-5-9-22(28-25)23-17-30(14-15-31-23)16-19-12-13-26-21-8-3-2-7-20(19)21/h2-13,23H,14-17H2,1H3,(H,27,28,29)/t23-/m1/s1. The molecule has 0 radical (unpaired) electrons. The number of benzene rings is 1. The minimum absolute atomic E-state index is 0.0610. The summed E-state index contributed by atoms with van der Waals surface area (Å²) in [4.78, 5) is 16.2. The molecule has 156 valence electrons. The Morgan fingerprint density at radius 3 is 2.71 bits per heavy atom. The molecule has 1 aromatic carbocycles. The highest BCUT2D eigenvalue weighted by atomic mass is 16.5. The number of hydrogen-bond acceptors (Lipinski definition) is 6. The Kier molecular flexibility index (Phi) is 5.56. The van der Waals surface area contributed by atoms with Gasteiger partial charge in [0.2, 0.25) is 0 Å². The second-order valence-electron chi connectivity index (χ2n) is 7.82. The summed E-state index contributed by atoms with van der Waals surface area (Å²) in [6.07, 6.45) is 1.83. The normalized spacial score (nSPS) is 17.0. The van der Waals surface area contributed by atoms with Crippen molar-refractivity contribution in [3.8, 4) is 0 Å². The lowest BCUT2D eigenvalue weighted by Gasteiger charge is -2.33. The first-order valence-electron chi connectivity index (χ1n) is 10.6. The molecule has 1 aliphatic heterocycles. The number of hydrogen-bond donors (Lipinski definition) is 1. The van der Waals surface area contributed by atoms with Crippen LogP contribution >= 0.6 is 0 Å². The molecule has 0 spiro atoms. The number of fused-ring (bicyclic) bond motifs is 1. The molecular formula is C25H25N5O. The second-order valence-corrected chi connectivity index (χ2v) is 7.82. The van der Waals surface area contributed by atoms with Gasteiger partial charge in [0.15, 0.2) is 0 Å². The smallest absolute Gasteiger partial charge is 0.131 e. The summed E-state index contributed by atoms with van der Waals surface area (Å²) in [5, 5.41) is 4.51. The summed E-state index contributed by atoms with van der Waals surface area (Å²) in [5.74, 6) is 1.57. The van der Waals surface area contributed by atoms with Gasteiger partial charge in [-0.3, -0.25) is 9.88 Å². The fraction of sp³-hybridized carbons (Fsp3) is 0.240. The largest absolute Gasteiger partial charge is 0.369 e. The number of nitrogens with zero attached hydrogens (tertiary/aromatic N) is 4. The summed E-state index contributed by atoms with van der Waals surface area (Å²) in [5.41, 5.74) is 4.23. The van der Waals surface area contributed by atoms with Gasteiger partial charge in [-0.1, -0.05) is 30.3 Å². The number of para-hydroxylation sites is 1. The third kappa shape index (κ3) is 4.55. The highest BCUT2D eigenvalue weighted by Gasteiger charge is 2.23. The first-order valence-corrected chi connectivity index (χ1v) is 10.6. The highest BCUT2D eigenvalue weighted by Crippen LogP contribution is 2.25. The maximum absolute atomic E-state index is 6.08. The van der Waals surface area contributed by atoms with Crippen LogP contribution in [0.4, 0.5) is 11.6 Å². The second kappa shape index (κ2) is 8.79. The van der Waals surface area contributed by atoms with Crippen molar-refractivity contribution in [1.29, 1.82) is 0 Å². The van der Waals surface area contributed by atoms with Crippen molar-refractivity contribution in [2.45, 2.75) is 19.6 Å². The van der Waals surface area contributed by atoms with Gasteiger partial charge in [-0.25, -0.2) is 9.97 Å². The van der Waals surface area contributed by atoms with Crippen molar-refractivity contribution < 1.29 is 4.74 Å². The van der Waals surface area contributed by atoms with Gasteiger partial charge in [-0.15, -0.1) is 0 Å². The average Bonchev–Trinajstić information content (AvgIpc) is 2.80. The van der Waals surface area contributed by atoms with Crippen molar-refractivity contribution in [2.24, 2.45) is 0 Å². The Labute approximate surface area is 181 Å². The van der Waals surface area contributed by atoms with Crippen LogP contribution < -0.4 is 5.32 Å². The monoisotopic (exact) mass is 411 g/mol. The minimum Gasteiger partial charge on any atom is -0.369 e. The van der Waals surface area contributed by atoms with E-state index in [-0.39, 0.29) is 6.10 Å². The molecule has 6 nitrogen and oxygen atoms in total. The van der Waals surface area contributed by atoms with Crippen molar-refractivity contribution >= 4 is 22.5 Å². The minimum atomic E-state index is -0.0610. The summed E-state index contributed by atoms with van der Waals surface area (Å²) in [6, 6.07) is 22.3. The quantitative estimate of drug-likeness (QED) is 0.516. The third-order valence-corrected chi connectivity index (χ3v) is 5.53. The fourth-order valence-electron chi connectivity index (χ4n) is 4.00. The molecule has 4 aromatic rings. The molecule has 3 aromatic heterocycles. The maximum Gasteiger partial charge on any atom is 0.131 e. The molecule has 0 unspecified atom stereocenters. The third-order valence-electron chi connectivity index (χ3n) is 5.53. The van der Waals surface area contributed by atoms with Crippen LogP contribution in [0.1, 0.15) is 23.1 Å². The zero-order valence-corrected chi connectivity index (χ0v) is 17.5. The topological polar surface area (TPSA) is 63.2 Å². The van der Waals surface area contributed by atoms with Gasteiger partial charge >= 0.3 is 0 Å². The van der Waals surface area contributed by atoms with Crippen LogP contribution in [0.25, 0.3) is 10.9 Å². The predicted octanol–water partition coefficient (Wildman–Crippen LogP) is 4.65. The van der Waals surface area contributed by atoms with E-state index in [4.69, 9.17) is 9.72 Å². The van der Waals surface area contributed by atoms with Crippen LogP contribution in [0.5, 0.6) is 0 Å². The number of nitrogens with one attached hydrogen (secondary N) is 1. The molecular weight excluding hydrogens is 386 g/mol. The number of aryl methyl sites for hydroxylation is 1. The molecule has 0 aliphatic carbocycles. The molecule has 1 atom stereocenters. The number of pyridine rings is 3. The molecule has 5 rings (SSSR count). The van der Waals surface area contributed by atoms with Gasteiger partial charge in [-0.05, 0) is 48.9 Å². The van der Waals surface area contributed by atoms with Crippen LogP contribution in [0.15, 0.2) is 72.9 Å². The fourth-order valence-corrected chi connectivity index (χ4v) is 4.00. The molecule has 0 bridgehead atoms. The van der Waals surface area contributed by atoms with Crippen LogP contribution in [0, 0.1) is 6.92 Å². The van der Waals surface area contributed by atoms with Crippen molar-refractivity contribution in [3.63, 3.8) is 0 Å². The molecule has 0 amide bonds. The number of aromatic nitrogens is 3. The number of anilines is 2. The Morgan fingerprint density at radius 1 is 0.968 bits per heavy atom. The van der Waals surface area contributed by atoms with E-state index < -0.39 is 0 Å². The predicted molar refractivity (Wildman–Crippen MR) is 122 cm³/mol. The lowest BCUT2D eigenvalue weighted by atomic mass is 10.1. The zero-order chi connectivity index (χ0) is 21.0. The van der Waals surface area contributed by atoms with Crippen LogP contribution in [-0.4, -0.2) is 39.5 Å². The van der Waals surface area contributed by atoms with Gasteiger partial charge in [-0.2, -0.15) is 0 Å². The highest BCUT2D eigenvalue weighted by molar-refractivity contribution is 5.81. The van der Waals surface area contributed by atoms with E-state index >= 15 is 0 Å². The first kappa shape index (κ1) is 19.6. The summed E-state index contributed by atoms with van der Waals surface area (Å²) >= 11 is 0. The van der Waals surface area contributed by atoms with E-state index in [0.29, 0.717) is 6.61 Å². The molecule has 0 saturated carbocycles.